The molecule has 0 aliphatic carbocycles. The lowest BCUT2D eigenvalue weighted by molar-refractivity contribution is -0.384. The summed E-state index contributed by atoms with van der Waals surface area (Å²) in [6.07, 6.45) is 0. The average molecular weight is 476 g/mol. The molecule has 3 N–H and O–H groups in total. The Morgan fingerprint density at radius 1 is 0.971 bits per heavy atom. The molecule has 0 spiro atoms. The summed E-state index contributed by atoms with van der Waals surface area (Å²) < 4.78 is 11.0. The molecular formula is C25H24N4O6. The van der Waals surface area contributed by atoms with E-state index in [0.717, 1.165) is 11.6 Å². The highest BCUT2D eigenvalue weighted by Gasteiger charge is 2.20. The number of nitrogens with one attached hydrogen (secondary N) is 3. The smallest absolute Gasteiger partial charge is 0.270 e. The van der Waals surface area contributed by atoms with E-state index in [-0.39, 0.29) is 29.5 Å². The maximum atomic E-state index is 13.0. The molecule has 180 valence electrons. The lowest BCUT2D eigenvalue weighted by atomic mass is 10.1. The van der Waals surface area contributed by atoms with Crippen molar-refractivity contribution in [3.05, 3.63) is 88.0 Å². The molecule has 1 heterocycles. The maximum Gasteiger partial charge on any atom is 0.270 e. The number of carbonyl (C=O) groups excluding carboxylic acids is 2. The van der Waals surface area contributed by atoms with Gasteiger partial charge in [0.25, 0.3) is 11.6 Å². The summed E-state index contributed by atoms with van der Waals surface area (Å²) in [5.74, 6) is 0.0383. The minimum Gasteiger partial charge on any atom is -0.486 e. The van der Waals surface area contributed by atoms with E-state index in [1.165, 1.54) is 12.1 Å². The van der Waals surface area contributed by atoms with Crippen LogP contribution >= 0.6 is 0 Å². The van der Waals surface area contributed by atoms with Crippen LogP contribution < -0.4 is 25.4 Å². The summed E-state index contributed by atoms with van der Waals surface area (Å²) >= 11 is 0. The van der Waals surface area contributed by atoms with Gasteiger partial charge in [-0.05, 0) is 30.7 Å². The number of non-ortho nitro benzene ring substituents is 1. The highest BCUT2D eigenvalue weighted by atomic mass is 16.6. The lowest BCUT2D eigenvalue weighted by Crippen LogP contribution is -2.30. The molecule has 3 aromatic carbocycles. The number of rotatable bonds is 8. The van der Waals surface area contributed by atoms with E-state index in [2.05, 4.69) is 16.0 Å². The van der Waals surface area contributed by atoms with Crippen molar-refractivity contribution >= 4 is 28.9 Å². The zero-order valence-corrected chi connectivity index (χ0v) is 18.9. The van der Waals surface area contributed by atoms with E-state index in [1.807, 2.05) is 37.3 Å². The van der Waals surface area contributed by atoms with Crippen LogP contribution in [0, 0.1) is 10.1 Å². The molecular weight excluding hydrogens is 452 g/mol. The number of fused-ring (bicyclic) bond motifs is 1. The molecule has 0 radical (unpaired) electrons. The van der Waals surface area contributed by atoms with Crippen molar-refractivity contribution in [1.29, 1.82) is 0 Å². The Morgan fingerprint density at radius 3 is 2.46 bits per heavy atom. The molecule has 0 saturated heterocycles. The van der Waals surface area contributed by atoms with Crippen LogP contribution in [0.1, 0.15) is 28.9 Å². The standard InChI is InChI=1S/C25H24N4O6/c1-16(17-5-3-2-4-6-17)26-15-24(30)28-21-9-8-19(29(32)33)14-20(21)25(31)27-18-7-10-22-23(13-18)35-12-11-34-22/h2-10,13-14,16,26H,11-12,15H2,1H3,(H,27,31)(H,28,30)/t16-/m0/s1. The predicted molar refractivity (Wildman–Crippen MR) is 130 cm³/mol. The Kier molecular flexibility index (Phi) is 7.22. The molecule has 0 aromatic heterocycles. The third kappa shape index (κ3) is 5.92. The van der Waals surface area contributed by atoms with Gasteiger partial charge in [-0.25, -0.2) is 0 Å². The summed E-state index contributed by atoms with van der Waals surface area (Å²) in [6, 6.07) is 18.2. The van der Waals surface area contributed by atoms with Crippen molar-refractivity contribution < 1.29 is 24.0 Å². The van der Waals surface area contributed by atoms with E-state index in [1.54, 1.807) is 18.2 Å². The average Bonchev–Trinajstić information content (AvgIpc) is 2.87. The van der Waals surface area contributed by atoms with Gasteiger partial charge in [-0.15, -0.1) is 0 Å². The molecule has 10 heteroatoms. The largest absolute Gasteiger partial charge is 0.486 e. The Labute approximate surface area is 201 Å². The van der Waals surface area contributed by atoms with Gasteiger partial charge in [-0.2, -0.15) is 0 Å². The van der Waals surface area contributed by atoms with Gasteiger partial charge in [-0.1, -0.05) is 30.3 Å². The number of carbonyl (C=O) groups is 2. The first-order valence-corrected chi connectivity index (χ1v) is 11.0. The monoisotopic (exact) mass is 476 g/mol. The summed E-state index contributed by atoms with van der Waals surface area (Å²) in [7, 11) is 0. The quantitative estimate of drug-likeness (QED) is 0.332. The molecule has 0 bridgehead atoms. The summed E-state index contributed by atoms with van der Waals surface area (Å²) in [5, 5.41) is 19.8. The molecule has 10 nitrogen and oxygen atoms in total. The summed E-state index contributed by atoms with van der Waals surface area (Å²) in [6.45, 7) is 2.74. The van der Waals surface area contributed by atoms with Crippen LogP contribution in [0.25, 0.3) is 0 Å². The van der Waals surface area contributed by atoms with Gasteiger partial charge in [0.15, 0.2) is 11.5 Å². The highest BCUT2D eigenvalue weighted by Crippen LogP contribution is 2.33. The zero-order chi connectivity index (χ0) is 24.8. The Hall–Kier alpha value is -4.44. The summed E-state index contributed by atoms with van der Waals surface area (Å²) in [4.78, 5) is 36.3. The van der Waals surface area contributed by atoms with Gasteiger partial charge in [0.2, 0.25) is 5.91 Å². The normalized spacial score (nSPS) is 12.9. The molecule has 35 heavy (non-hydrogen) atoms. The van der Waals surface area contributed by atoms with Crippen molar-refractivity contribution in [2.45, 2.75) is 13.0 Å². The third-order valence-electron chi connectivity index (χ3n) is 5.40. The zero-order valence-electron chi connectivity index (χ0n) is 18.9. The molecule has 1 aliphatic heterocycles. The predicted octanol–water partition coefficient (Wildman–Crippen LogP) is 3.91. The van der Waals surface area contributed by atoms with Crippen LogP contribution in [0.15, 0.2) is 66.7 Å². The fourth-order valence-electron chi connectivity index (χ4n) is 3.56. The number of hydrogen-bond acceptors (Lipinski definition) is 7. The van der Waals surface area contributed by atoms with Crippen molar-refractivity contribution in [3.8, 4) is 11.5 Å². The van der Waals surface area contributed by atoms with Gasteiger partial charge in [0.1, 0.15) is 13.2 Å². The number of ether oxygens (including phenoxy) is 2. The van der Waals surface area contributed by atoms with E-state index >= 15 is 0 Å². The molecule has 0 fully saturated rings. The van der Waals surface area contributed by atoms with E-state index in [9.17, 15) is 19.7 Å². The maximum absolute atomic E-state index is 13.0. The first kappa shape index (κ1) is 23.7. The Morgan fingerprint density at radius 2 is 1.71 bits per heavy atom. The van der Waals surface area contributed by atoms with E-state index < -0.39 is 16.7 Å². The molecule has 0 unspecified atom stereocenters. The van der Waals surface area contributed by atoms with Crippen LogP contribution in [0.5, 0.6) is 11.5 Å². The number of amides is 2. The topological polar surface area (TPSA) is 132 Å². The van der Waals surface area contributed by atoms with Crippen molar-refractivity contribution in [2.75, 3.05) is 30.4 Å². The van der Waals surface area contributed by atoms with Gasteiger partial charge in [0.05, 0.1) is 22.7 Å². The highest BCUT2D eigenvalue weighted by molar-refractivity contribution is 6.10. The van der Waals surface area contributed by atoms with E-state index in [4.69, 9.17) is 9.47 Å². The van der Waals surface area contributed by atoms with Crippen LogP contribution in [-0.4, -0.2) is 36.5 Å². The molecule has 0 saturated carbocycles. The fraction of sp³-hybridized carbons (Fsp3) is 0.200. The van der Waals surface area contributed by atoms with Crippen molar-refractivity contribution in [2.24, 2.45) is 0 Å². The van der Waals surface area contributed by atoms with Crippen molar-refractivity contribution in [3.63, 3.8) is 0 Å². The van der Waals surface area contributed by atoms with E-state index in [0.29, 0.717) is 30.4 Å². The number of nitro benzene ring substituents is 1. The fourth-order valence-corrected chi connectivity index (χ4v) is 3.56. The number of hydrogen-bond donors (Lipinski definition) is 3. The number of nitrogens with zero attached hydrogens (tertiary/aromatic N) is 1. The number of anilines is 2. The van der Waals surface area contributed by atoms with Gasteiger partial charge in [0, 0.05) is 29.9 Å². The summed E-state index contributed by atoms with van der Waals surface area (Å²) in [5.41, 5.74) is 1.28. The molecule has 4 rings (SSSR count). The Balaban J connectivity index is 1.48. The second-order valence-corrected chi connectivity index (χ2v) is 7.86. The minimum absolute atomic E-state index is 0.0176. The van der Waals surface area contributed by atoms with Crippen molar-refractivity contribution in [1.82, 2.24) is 5.32 Å². The third-order valence-corrected chi connectivity index (χ3v) is 5.40. The number of benzene rings is 3. The Bertz CT molecular complexity index is 1250. The van der Waals surface area contributed by atoms with Crippen LogP contribution in [-0.2, 0) is 4.79 Å². The molecule has 3 aromatic rings. The molecule has 2 amide bonds. The second kappa shape index (κ2) is 10.7. The second-order valence-electron chi connectivity index (χ2n) is 7.86. The first-order valence-electron chi connectivity index (χ1n) is 11.0. The SMILES string of the molecule is C[C@H](NCC(=O)Nc1ccc([N+](=O)[O-])cc1C(=O)Nc1ccc2c(c1)OCCO2)c1ccccc1. The first-order chi connectivity index (χ1) is 16.9. The molecule has 1 atom stereocenters. The number of nitro groups is 1. The minimum atomic E-state index is -0.619. The molecule has 1 aliphatic rings. The lowest BCUT2D eigenvalue weighted by Gasteiger charge is -2.19. The van der Waals surface area contributed by atoms with Gasteiger partial charge < -0.3 is 25.4 Å². The van der Waals surface area contributed by atoms with Gasteiger partial charge in [-0.3, -0.25) is 19.7 Å². The van der Waals surface area contributed by atoms with Crippen LogP contribution in [0.3, 0.4) is 0 Å². The van der Waals surface area contributed by atoms with Crippen LogP contribution in [0.4, 0.5) is 17.1 Å². The van der Waals surface area contributed by atoms with Gasteiger partial charge >= 0.3 is 0 Å². The van der Waals surface area contributed by atoms with Crippen LogP contribution in [0.2, 0.25) is 0 Å².